The maximum absolute atomic E-state index is 14.9. The second kappa shape index (κ2) is 12.0. The molecule has 2 aliphatic heterocycles. The third kappa shape index (κ3) is 5.48. The molecule has 0 spiro atoms. The van der Waals surface area contributed by atoms with Crippen LogP contribution in [0.5, 0.6) is 5.75 Å². The van der Waals surface area contributed by atoms with Gasteiger partial charge in [0, 0.05) is 17.7 Å². The van der Waals surface area contributed by atoms with Crippen molar-refractivity contribution < 1.29 is 68.1 Å². The summed E-state index contributed by atoms with van der Waals surface area (Å²) in [5.74, 6) is -2.06. The topological polar surface area (TPSA) is 121 Å². The van der Waals surface area contributed by atoms with Crippen molar-refractivity contribution in [3.05, 3.63) is 59.4 Å². The fourth-order valence-corrected chi connectivity index (χ4v) is 8.79. The van der Waals surface area contributed by atoms with Gasteiger partial charge in [0.1, 0.15) is 28.5 Å². The van der Waals surface area contributed by atoms with Gasteiger partial charge in [-0.2, -0.15) is 26.3 Å². The van der Waals surface area contributed by atoms with Crippen LogP contribution in [0.4, 0.5) is 35.1 Å². The minimum absolute atomic E-state index is 0.0994. The number of nitrogens with zero attached hydrogens (tertiary/aromatic N) is 1. The molecule has 2 aromatic carbocycles. The fourth-order valence-electron chi connectivity index (χ4n) is 6.51. The first-order valence-electron chi connectivity index (χ1n) is 13.9. The molecule has 0 aromatic heterocycles. The number of halogens is 8. The molecule has 5 rings (SSSR count). The zero-order valence-corrected chi connectivity index (χ0v) is 24.9. The Hall–Kier alpha value is -3.47. The first-order valence-corrected chi connectivity index (χ1v) is 15.4. The molecule has 2 heterocycles. The van der Waals surface area contributed by atoms with Crippen molar-refractivity contribution in [3.63, 3.8) is 0 Å². The van der Waals surface area contributed by atoms with Crippen molar-refractivity contribution in [2.45, 2.75) is 78.3 Å². The molecular formula is C29H29F8NO7S. The molecule has 2 atom stereocenters. The van der Waals surface area contributed by atoms with Gasteiger partial charge in [0.05, 0.1) is 10.9 Å². The van der Waals surface area contributed by atoms with Crippen LogP contribution in [0.2, 0.25) is 0 Å². The van der Waals surface area contributed by atoms with E-state index in [-0.39, 0.29) is 55.9 Å². The van der Waals surface area contributed by atoms with Crippen molar-refractivity contribution in [1.29, 1.82) is 0 Å². The number of carboxylic acid groups (broad SMARTS) is 1. The predicted octanol–water partition coefficient (Wildman–Crippen LogP) is 5.42. The highest BCUT2D eigenvalue weighted by Crippen LogP contribution is 2.57. The first-order chi connectivity index (χ1) is 21.2. The van der Waals surface area contributed by atoms with E-state index >= 15 is 0 Å². The average Bonchev–Trinajstić information content (AvgIpc) is 3.39. The highest BCUT2D eigenvalue weighted by atomic mass is 32.2. The van der Waals surface area contributed by atoms with Gasteiger partial charge in [0.15, 0.2) is 9.84 Å². The zero-order chi connectivity index (χ0) is 34.5. The average molecular weight is 688 g/mol. The standard InChI is InChI=1S/C28H27F8NO5S.CH2O2/c1-16-8-10-24(39,11-9-16)23(38)37-13-12-25(43(40,41)19-5-3-18(29)4-6-19)20-7-2-17(14-21(20)42-15-22(25)37)26(30,27(31,32)33)28(34,35)36;2-1-3/h2-7,14,16,22,39H,8-13,15H2,1H3;1H,(H,2,3). The molecular weight excluding hydrogens is 658 g/mol. The normalized spacial score (nSPS) is 26.6. The van der Waals surface area contributed by atoms with E-state index in [4.69, 9.17) is 14.6 Å². The van der Waals surface area contributed by atoms with Crippen LogP contribution in [0.1, 0.15) is 50.2 Å². The molecule has 3 aliphatic rings. The smallest absolute Gasteiger partial charge is 0.435 e. The Bertz CT molecular complexity index is 1560. The summed E-state index contributed by atoms with van der Waals surface area (Å²) in [5, 5.41) is 18.1. The number of carbonyl (C=O) groups is 2. The van der Waals surface area contributed by atoms with Gasteiger partial charge >= 0.3 is 18.0 Å². The molecule has 46 heavy (non-hydrogen) atoms. The van der Waals surface area contributed by atoms with Crippen LogP contribution >= 0.6 is 0 Å². The molecule has 17 heteroatoms. The largest absolute Gasteiger partial charge is 0.491 e. The Morgan fingerprint density at radius 1 is 0.978 bits per heavy atom. The van der Waals surface area contributed by atoms with Gasteiger partial charge in [-0.25, -0.2) is 17.2 Å². The van der Waals surface area contributed by atoms with Crippen molar-refractivity contribution in [3.8, 4) is 5.75 Å². The number of benzene rings is 2. The Balaban J connectivity index is 0.00000154. The lowest BCUT2D eigenvalue weighted by molar-refractivity contribution is -0.348. The number of carbonyl (C=O) groups excluding carboxylic acids is 1. The third-order valence-electron chi connectivity index (χ3n) is 9.02. The van der Waals surface area contributed by atoms with E-state index in [1.165, 1.54) is 0 Å². The van der Waals surface area contributed by atoms with E-state index in [9.17, 15) is 53.4 Å². The summed E-state index contributed by atoms with van der Waals surface area (Å²) in [6, 6.07) is 3.24. The highest BCUT2D eigenvalue weighted by Gasteiger charge is 2.74. The second-order valence-electron chi connectivity index (χ2n) is 11.6. The SMILES string of the molecule is CC1CCC(O)(C(=O)N2CCC3(S(=O)(=O)c4ccc(F)cc4)c4ccc(C(F)(C(F)(F)F)C(F)(F)F)cc4OCC23)CC1.O=CO. The van der Waals surface area contributed by atoms with Crippen LogP contribution in [0.15, 0.2) is 47.4 Å². The van der Waals surface area contributed by atoms with E-state index in [2.05, 4.69) is 0 Å². The number of hydrogen-bond donors (Lipinski definition) is 2. The van der Waals surface area contributed by atoms with Crippen molar-refractivity contribution >= 4 is 22.2 Å². The first kappa shape index (κ1) is 35.4. The summed E-state index contributed by atoms with van der Waals surface area (Å²) in [6.07, 6.45) is -12.0. The van der Waals surface area contributed by atoms with Gasteiger partial charge in [0.25, 0.3) is 12.4 Å². The molecule has 2 N–H and O–H groups in total. The number of alkyl halides is 7. The zero-order valence-electron chi connectivity index (χ0n) is 24.0. The number of aliphatic hydroxyl groups is 1. The number of sulfone groups is 1. The summed E-state index contributed by atoms with van der Waals surface area (Å²) in [4.78, 5) is 22.8. The van der Waals surface area contributed by atoms with Crippen molar-refractivity contribution in [2.75, 3.05) is 13.2 Å². The number of fused-ring (bicyclic) bond motifs is 3. The quantitative estimate of drug-likeness (QED) is 0.250. The van der Waals surface area contributed by atoms with Gasteiger partial charge in [-0.15, -0.1) is 0 Å². The van der Waals surface area contributed by atoms with Crippen LogP contribution in [-0.2, 0) is 29.8 Å². The van der Waals surface area contributed by atoms with Gasteiger partial charge in [0.2, 0.25) is 0 Å². The van der Waals surface area contributed by atoms with Crippen LogP contribution in [0.3, 0.4) is 0 Å². The molecule has 1 amide bonds. The van der Waals surface area contributed by atoms with Gasteiger partial charge in [-0.3, -0.25) is 9.59 Å². The molecule has 1 saturated heterocycles. The van der Waals surface area contributed by atoms with Gasteiger partial charge in [-0.05, 0) is 68.4 Å². The Morgan fingerprint density at radius 3 is 2.04 bits per heavy atom. The maximum Gasteiger partial charge on any atom is 0.435 e. The number of rotatable bonds is 4. The summed E-state index contributed by atoms with van der Waals surface area (Å²) < 4.78 is 142. The number of hydrogen-bond acceptors (Lipinski definition) is 6. The molecule has 1 saturated carbocycles. The van der Waals surface area contributed by atoms with E-state index in [0.717, 1.165) is 29.2 Å². The molecule has 1 aliphatic carbocycles. The molecule has 0 bridgehead atoms. The molecule has 2 unspecified atom stereocenters. The third-order valence-corrected chi connectivity index (χ3v) is 11.6. The van der Waals surface area contributed by atoms with Crippen LogP contribution in [0.25, 0.3) is 0 Å². The van der Waals surface area contributed by atoms with Crippen molar-refractivity contribution in [2.24, 2.45) is 5.92 Å². The number of likely N-dealkylation sites (tertiary alicyclic amines) is 1. The van der Waals surface area contributed by atoms with Gasteiger partial charge in [-0.1, -0.05) is 19.1 Å². The lowest BCUT2D eigenvalue weighted by Crippen LogP contribution is -2.59. The predicted molar refractivity (Wildman–Crippen MR) is 143 cm³/mol. The van der Waals surface area contributed by atoms with Crippen LogP contribution in [-0.4, -0.2) is 73.1 Å². The molecule has 2 fully saturated rings. The van der Waals surface area contributed by atoms with Crippen LogP contribution < -0.4 is 4.74 Å². The minimum atomic E-state index is -6.42. The molecule has 254 valence electrons. The molecule has 8 nitrogen and oxygen atoms in total. The Morgan fingerprint density at radius 2 is 1.52 bits per heavy atom. The summed E-state index contributed by atoms with van der Waals surface area (Å²) >= 11 is 0. The van der Waals surface area contributed by atoms with E-state index in [0.29, 0.717) is 18.9 Å². The minimum Gasteiger partial charge on any atom is -0.491 e. The summed E-state index contributed by atoms with van der Waals surface area (Å²) in [5.41, 5.74) is -9.87. The lowest BCUT2D eigenvalue weighted by atomic mass is 9.78. The van der Waals surface area contributed by atoms with E-state index in [1.807, 2.05) is 6.92 Å². The number of amides is 1. The Labute approximate surface area is 257 Å². The number of ether oxygens (including phenoxy) is 1. The summed E-state index contributed by atoms with van der Waals surface area (Å²) in [6.45, 7) is 0.737. The highest BCUT2D eigenvalue weighted by molar-refractivity contribution is 7.92. The van der Waals surface area contributed by atoms with E-state index in [1.54, 1.807) is 0 Å². The van der Waals surface area contributed by atoms with Gasteiger partial charge < -0.3 is 19.8 Å². The fraction of sp³-hybridized carbons (Fsp3) is 0.517. The Kier molecular flexibility index (Phi) is 9.20. The lowest BCUT2D eigenvalue weighted by Gasteiger charge is -2.44. The van der Waals surface area contributed by atoms with E-state index < -0.39 is 78.8 Å². The summed E-state index contributed by atoms with van der Waals surface area (Å²) in [7, 11) is -4.68. The molecule has 2 aromatic rings. The monoisotopic (exact) mass is 687 g/mol. The van der Waals surface area contributed by atoms with Crippen LogP contribution in [0, 0.1) is 11.7 Å². The second-order valence-corrected chi connectivity index (χ2v) is 13.8. The van der Waals surface area contributed by atoms with Crippen molar-refractivity contribution in [1.82, 2.24) is 4.90 Å². The maximum atomic E-state index is 14.9. The molecule has 0 radical (unpaired) electrons.